The van der Waals surface area contributed by atoms with Gasteiger partial charge >= 0.3 is 0 Å². The Morgan fingerprint density at radius 2 is 1.70 bits per heavy atom. The first kappa shape index (κ1) is 26.0. The summed E-state index contributed by atoms with van der Waals surface area (Å²) in [5, 5.41) is 17.3. The fourth-order valence-electron chi connectivity index (χ4n) is 6.13. The molecule has 3 aromatic carbocycles. The van der Waals surface area contributed by atoms with Gasteiger partial charge in [-0.25, -0.2) is 14.1 Å². The normalized spacial score (nSPS) is 20.6. The molecule has 2 aliphatic rings. The second-order valence-electron chi connectivity index (χ2n) is 10.6. The third-order valence-corrected chi connectivity index (χ3v) is 11.6. The number of allylic oxidation sites excluding steroid dienone is 2. The van der Waals surface area contributed by atoms with E-state index in [0.717, 1.165) is 38.8 Å². The minimum Gasteiger partial charge on any atom is -0.346 e. The van der Waals surface area contributed by atoms with Crippen LogP contribution in [0.25, 0.3) is 0 Å². The summed E-state index contributed by atoms with van der Waals surface area (Å²) < 4.78 is 21.5. The van der Waals surface area contributed by atoms with Crippen LogP contribution in [0.5, 0.6) is 0 Å². The van der Waals surface area contributed by atoms with Crippen LogP contribution in [0.2, 0.25) is 0 Å². The second kappa shape index (κ2) is 9.73. The molecule has 0 aliphatic carbocycles. The van der Waals surface area contributed by atoms with Crippen molar-refractivity contribution in [3.05, 3.63) is 107 Å². The van der Waals surface area contributed by atoms with E-state index >= 15 is 0 Å². The van der Waals surface area contributed by atoms with Crippen molar-refractivity contribution in [1.82, 2.24) is 9.78 Å². The van der Waals surface area contributed by atoms with Crippen LogP contribution in [0.3, 0.4) is 0 Å². The lowest BCUT2D eigenvalue weighted by Gasteiger charge is -2.35. The van der Waals surface area contributed by atoms with E-state index in [1.807, 2.05) is 36.0 Å². The molecule has 0 saturated carbocycles. The first-order chi connectivity index (χ1) is 19.3. The minimum absolute atomic E-state index is 0.303. The lowest BCUT2D eigenvalue weighted by Crippen LogP contribution is -2.30. The summed E-state index contributed by atoms with van der Waals surface area (Å²) in [5.74, 6) is 0.430. The number of aromatic nitrogens is 2. The number of halogens is 1. The van der Waals surface area contributed by atoms with Crippen molar-refractivity contribution in [1.29, 1.82) is 5.26 Å². The van der Waals surface area contributed by atoms with Crippen LogP contribution in [-0.2, 0) is 12.0 Å². The molecule has 1 aromatic heterocycles. The second-order valence-corrected chi connectivity index (χ2v) is 13.5. The molecule has 40 heavy (non-hydrogen) atoms. The summed E-state index contributed by atoms with van der Waals surface area (Å²) in [6, 6.07) is 27.5. The van der Waals surface area contributed by atoms with Gasteiger partial charge in [-0.3, -0.25) is 4.74 Å². The van der Waals surface area contributed by atoms with Crippen molar-refractivity contribution in [3.63, 3.8) is 0 Å². The van der Waals surface area contributed by atoms with Crippen molar-refractivity contribution in [3.8, 4) is 6.07 Å². The predicted molar refractivity (Wildman–Crippen MR) is 161 cm³/mol. The van der Waals surface area contributed by atoms with Gasteiger partial charge in [0.15, 0.2) is 5.82 Å². The third kappa shape index (κ3) is 3.86. The number of aryl methyl sites for hydroxylation is 2. The van der Waals surface area contributed by atoms with Crippen LogP contribution >= 0.6 is 7.05 Å². The van der Waals surface area contributed by atoms with Gasteiger partial charge in [-0.05, 0) is 42.8 Å². The molecule has 3 heterocycles. The average molecular weight is 549 g/mol. The zero-order chi connectivity index (χ0) is 28.1. The molecule has 6 nitrogen and oxygen atoms in total. The van der Waals surface area contributed by atoms with Gasteiger partial charge in [0.2, 0.25) is 0 Å². The number of hydrogen-bond donors (Lipinski definition) is 0. The molecule has 0 amide bonds. The topological polar surface area (TPSA) is 69.6 Å². The van der Waals surface area contributed by atoms with Crippen molar-refractivity contribution in [2.24, 2.45) is 9.74 Å². The molecular formula is C32H30FN6P. The molecule has 1 atom stereocenters. The van der Waals surface area contributed by atoms with E-state index in [-0.39, 0.29) is 11.2 Å². The van der Waals surface area contributed by atoms with Gasteiger partial charge in [-0.2, -0.15) is 10.4 Å². The first-order valence-corrected chi connectivity index (χ1v) is 15.0. The summed E-state index contributed by atoms with van der Waals surface area (Å²) in [7, 11) is -0.687. The zero-order valence-electron chi connectivity index (χ0n) is 23.0. The minimum atomic E-state index is -2.80. The van der Waals surface area contributed by atoms with E-state index in [4.69, 9.17) is 14.8 Å². The quantitative estimate of drug-likeness (QED) is 0.256. The Morgan fingerprint density at radius 1 is 1.00 bits per heavy atom. The number of hydrogen-bond acceptors (Lipinski definition) is 5. The van der Waals surface area contributed by atoms with Gasteiger partial charge in [-0.15, -0.1) is 0 Å². The van der Waals surface area contributed by atoms with E-state index in [0.29, 0.717) is 18.7 Å². The lowest BCUT2D eigenvalue weighted by molar-refractivity contribution is 0.626. The van der Waals surface area contributed by atoms with Gasteiger partial charge in [0.25, 0.3) is 0 Å². The van der Waals surface area contributed by atoms with Crippen molar-refractivity contribution < 1.29 is 4.39 Å². The molecule has 0 spiro atoms. The standard InChI is InChI=1S/C32H30FN6P/c1-22-29-31(39(36-22)20-10-19-34)35-21-28(30-32(2,3)26-13-8-9-14-27(26)38(30)4)40(29,25-11-6-5-7-12-25)37-24-17-15-23(33)16-18-24/h5-9,11-18,21H,10,20H2,1-4H3/b30-28-. The Kier molecular flexibility index (Phi) is 6.32. The molecule has 8 heteroatoms. The van der Waals surface area contributed by atoms with Gasteiger partial charge in [0, 0.05) is 40.7 Å². The van der Waals surface area contributed by atoms with Gasteiger partial charge in [0.1, 0.15) is 5.82 Å². The molecule has 0 saturated heterocycles. The Morgan fingerprint density at radius 3 is 2.40 bits per heavy atom. The molecule has 0 fully saturated rings. The highest BCUT2D eigenvalue weighted by molar-refractivity contribution is 7.86. The number of nitrogens with zero attached hydrogens (tertiary/aromatic N) is 6. The Hall–Kier alpha value is -4.27. The van der Waals surface area contributed by atoms with Crippen LogP contribution in [0.15, 0.2) is 99.6 Å². The highest BCUT2D eigenvalue weighted by atomic mass is 31.2. The average Bonchev–Trinajstić information content (AvgIpc) is 3.39. The molecule has 6 rings (SSSR count). The number of likely N-dealkylation sites (N-methyl/N-ethyl adjacent to an activating group) is 1. The molecule has 200 valence electrons. The van der Waals surface area contributed by atoms with E-state index < -0.39 is 7.05 Å². The molecule has 2 aliphatic heterocycles. The summed E-state index contributed by atoms with van der Waals surface area (Å²) in [5.41, 5.74) is 4.74. The number of aliphatic imine (C=N–C) groups is 1. The highest BCUT2D eigenvalue weighted by Gasteiger charge is 2.47. The molecule has 0 radical (unpaired) electrons. The van der Waals surface area contributed by atoms with Crippen LogP contribution in [0.4, 0.5) is 21.6 Å². The van der Waals surface area contributed by atoms with Gasteiger partial charge < -0.3 is 4.90 Å². The van der Waals surface area contributed by atoms with Gasteiger partial charge in [0.05, 0.1) is 42.8 Å². The zero-order valence-corrected chi connectivity index (χ0v) is 23.9. The largest absolute Gasteiger partial charge is 0.346 e. The smallest absolute Gasteiger partial charge is 0.160 e. The number of rotatable bonds is 4. The number of anilines is 1. The maximum absolute atomic E-state index is 14.0. The molecule has 4 aromatic rings. The van der Waals surface area contributed by atoms with E-state index in [1.165, 1.54) is 17.7 Å². The Labute approximate surface area is 234 Å². The molecule has 0 N–H and O–H groups in total. The molecular weight excluding hydrogens is 518 g/mol. The van der Waals surface area contributed by atoms with Crippen molar-refractivity contribution in [2.45, 2.75) is 39.2 Å². The van der Waals surface area contributed by atoms with Crippen LogP contribution in [-0.4, -0.2) is 23.0 Å². The first-order valence-electron chi connectivity index (χ1n) is 13.3. The molecule has 0 bridgehead atoms. The SMILES string of the molecule is Cc1nn(CCC#N)c2c1P(=Nc1ccc(F)cc1)(c1ccccc1)/C(=C1\N(C)c3ccccc3C1(C)C)C=N2. The van der Waals surface area contributed by atoms with Crippen LogP contribution in [0, 0.1) is 24.1 Å². The highest BCUT2D eigenvalue weighted by Crippen LogP contribution is 2.64. The van der Waals surface area contributed by atoms with Crippen molar-refractivity contribution in [2.75, 3.05) is 11.9 Å². The maximum Gasteiger partial charge on any atom is 0.160 e. The van der Waals surface area contributed by atoms with Crippen molar-refractivity contribution >= 4 is 41.1 Å². The maximum atomic E-state index is 14.0. The third-order valence-electron chi connectivity index (χ3n) is 7.82. The summed E-state index contributed by atoms with van der Waals surface area (Å²) in [4.78, 5) is 7.29. The number of fused-ring (bicyclic) bond motifs is 2. The number of nitriles is 1. The van der Waals surface area contributed by atoms with E-state index in [2.05, 4.69) is 68.3 Å². The summed E-state index contributed by atoms with van der Waals surface area (Å²) in [6.07, 6.45) is 2.30. The number of benzene rings is 3. The summed E-state index contributed by atoms with van der Waals surface area (Å²) >= 11 is 0. The fraction of sp³-hybridized carbons (Fsp3) is 0.219. The van der Waals surface area contributed by atoms with Gasteiger partial charge in [-0.1, -0.05) is 62.4 Å². The summed E-state index contributed by atoms with van der Waals surface area (Å²) in [6.45, 7) is 6.95. The predicted octanol–water partition coefficient (Wildman–Crippen LogP) is 7.08. The fourth-order valence-corrected chi connectivity index (χ4v) is 10.2. The van der Waals surface area contributed by atoms with Crippen LogP contribution < -0.4 is 15.5 Å². The Balaban J connectivity index is 1.79. The lowest BCUT2D eigenvalue weighted by atomic mass is 9.84. The van der Waals surface area contributed by atoms with Crippen LogP contribution in [0.1, 0.15) is 31.5 Å². The molecule has 1 unspecified atom stereocenters. The van der Waals surface area contributed by atoms with E-state index in [1.54, 1.807) is 12.1 Å². The Bertz CT molecular complexity index is 1770. The van der Waals surface area contributed by atoms with E-state index in [9.17, 15) is 9.65 Å². The monoisotopic (exact) mass is 548 g/mol. The number of para-hydroxylation sites is 1.